The minimum absolute atomic E-state index is 0.270. The van der Waals surface area contributed by atoms with Gasteiger partial charge in [-0.15, -0.1) is 0 Å². The second-order valence-corrected chi connectivity index (χ2v) is 3.25. The summed E-state index contributed by atoms with van der Waals surface area (Å²) in [6, 6.07) is 17.3. The van der Waals surface area contributed by atoms with E-state index in [1.54, 1.807) is 12.1 Å². The van der Waals surface area contributed by atoms with Crippen molar-refractivity contribution in [3.05, 3.63) is 66.0 Å². The topological polar surface area (TPSA) is 12.0 Å². The van der Waals surface area contributed by atoms with Crippen molar-refractivity contribution in [2.24, 2.45) is 0 Å². The van der Waals surface area contributed by atoms with Crippen molar-refractivity contribution in [1.29, 1.82) is 0 Å². The maximum atomic E-state index is 13.2. The van der Waals surface area contributed by atoms with E-state index in [-0.39, 0.29) is 5.82 Å². The molecule has 2 heteroatoms. The van der Waals surface area contributed by atoms with Gasteiger partial charge in [-0.1, -0.05) is 36.4 Å². The molecule has 0 bridgehead atoms. The zero-order chi connectivity index (χ0) is 10.5. The first-order valence-electron chi connectivity index (χ1n) is 4.79. The molecule has 0 unspecified atom stereocenters. The average molecular weight is 200 g/mol. The molecule has 0 saturated heterocycles. The first-order chi connectivity index (χ1) is 7.36. The van der Waals surface area contributed by atoms with Crippen molar-refractivity contribution >= 4 is 5.69 Å². The largest absolute Gasteiger partial charge is 0.379 e. The molecule has 0 fully saturated rings. The Bertz CT molecular complexity index is 426. The minimum atomic E-state index is -0.270. The predicted molar refractivity (Wildman–Crippen MR) is 59.0 cm³/mol. The molecule has 2 aromatic rings. The Balaban J connectivity index is 2.03. The van der Waals surface area contributed by atoms with E-state index < -0.39 is 0 Å². The fraction of sp³-hybridized carbons (Fsp3) is 0.0769. The summed E-state index contributed by atoms with van der Waals surface area (Å²) in [5, 5.41) is 3.03. The van der Waals surface area contributed by atoms with E-state index >= 15 is 0 Å². The summed E-state index contributed by atoms with van der Waals surface area (Å²) < 4.78 is 13.2. The Morgan fingerprint density at radius 1 is 1.13 bits per heavy atom. The van der Waals surface area contributed by atoms with Gasteiger partial charge < -0.3 is 5.32 Å². The average Bonchev–Trinajstić information content (AvgIpc) is 2.29. The highest BCUT2D eigenvalue weighted by Gasteiger charge is 1.98. The molecule has 0 amide bonds. The van der Waals surface area contributed by atoms with Crippen molar-refractivity contribution < 1.29 is 4.39 Å². The summed E-state index contributed by atoms with van der Waals surface area (Å²) in [6.45, 7) is 0.627. The Kier molecular flexibility index (Phi) is 2.98. The summed E-state index contributed by atoms with van der Waals surface area (Å²) in [7, 11) is 0. The number of rotatable bonds is 3. The van der Waals surface area contributed by atoms with Crippen LogP contribution in [0.4, 0.5) is 10.1 Å². The third-order valence-corrected chi connectivity index (χ3v) is 2.14. The summed E-state index contributed by atoms with van der Waals surface area (Å²) in [5.74, 6) is -0.270. The molecule has 0 aliphatic rings. The van der Waals surface area contributed by atoms with Gasteiger partial charge in [-0.05, 0) is 23.8 Å². The number of halogens is 1. The summed E-state index contributed by atoms with van der Waals surface area (Å²) in [5.41, 5.74) is 1.64. The van der Waals surface area contributed by atoms with Crippen molar-refractivity contribution in [2.45, 2.75) is 6.54 Å². The summed E-state index contributed by atoms with van der Waals surface area (Å²) >= 11 is 0. The third-order valence-electron chi connectivity index (χ3n) is 2.14. The number of anilines is 1. The van der Waals surface area contributed by atoms with Gasteiger partial charge in [-0.2, -0.15) is 0 Å². The number of nitrogens with one attached hydrogen (secondary N) is 1. The van der Waals surface area contributed by atoms with E-state index in [2.05, 4.69) is 11.4 Å². The molecule has 1 radical (unpaired) electrons. The monoisotopic (exact) mass is 200 g/mol. The van der Waals surface area contributed by atoms with Gasteiger partial charge in [-0.3, -0.25) is 0 Å². The molecule has 15 heavy (non-hydrogen) atoms. The van der Waals surface area contributed by atoms with Crippen LogP contribution in [0, 0.1) is 11.9 Å². The van der Waals surface area contributed by atoms with Crippen LogP contribution in [-0.2, 0) is 6.54 Å². The van der Waals surface area contributed by atoms with Crippen LogP contribution in [0.2, 0.25) is 0 Å². The Hall–Kier alpha value is -1.83. The third kappa shape index (κ3) is 2.56. The molecule has 2 rings (SSSR count). The summed E-state index contributed by atoms with van der Waals surface area (Å²) in [6.07, 6.45) is 0. The van der Waals surface area contributed by atoms with Crippen molar-refractivity contribution in [1.82, 2.24) is 0 Å². The molecule has 0 heterocycles. The summed E-state index contributed by atoms with van der Waals surface area (Å²) in [4.78, 5) is 0. The molecular formula is C13H11FN. The Labute approximate surface area is 88.6 Å². The lowest BCUT2D eigenvalue weighted by molar-refractivity contribution is 0.630. The van der Waals surface area contributed by atoms with Gasteiger partial charge in [0.2, 0.25) is 0 Å². The molecule has 1 nitrogen and oxygen atoms in total. The van der Waals surface area contributed by atoms with E-state index in [4.69, 9.17) is 0 Å². The minimum Gasteiger partial charge on any atom is -0.379 e. The van der Waals surface area contributed by atoms with Crippen LogP contribution in [0.1, 0.15) is 5.56 Å². The zero-order valence-electron chi connectivity index (χ0n) is 8.20. The second kappa shape index (κ2) is 4.60. The van der Waals surface area contributed by atoms with Crippen molar-refractivity contribution in [3.8, 4) is 0 Å². The lowest BCUT2D eigenvalue weighted by Crippen LogP contribution is -2.00. The van der Waals surface area contributed by atoms with E-state index in [1.807, 2.05) is 30.3 Å². The number of hydrogen-bond donors (Lipinski definition) is 1. The SMILES string of the molecule is Fc1c[c]ccc1NCc1ccccc1. The van der Waals surface area contributed by atoms with Crippen LogP contribution in [0.25, 0.3) is 0 Å². The van der Waals surface area contributed by atoms with E-state index in [0.717, 1.165) is 5.56 Å². The molecule has 2 aromatic carbocycles. The van der Waals surface area contributed by atoms with Crippen LogP contribution >= 0.6 is 0 Å². The van der Waals surface area contributed by atoms with E-state index in [9.17, 15) is 4.39 Å². The van der Waals surface area contributed by atoms with Crippen LogP contribution in [0.3, 0.4) is 0 Å². The van der Waals surface area contributed by atoms with E-state index in [0.29, 0.717) is 12.2 Å². The molecule has 0 saturated carbocycles. The molecule has 0 aliphatic carbocycles. The van der Waals surface area contributed by atoms with Crippen LogP contribution in [-0.4, -0.2) is 0 Å². The molecule has 0 aromatic heterocycles. The maximum Gasteiger partial charge on any atom is 0.146 e. The molecular weight excluding hydrogens is 189 g/mol. The van der Waals surface area contributed by atoms with Gasteiger partial charge >= 0.3 is 0 Å². The molecule has 0 aliphatic heterocycles. The zero-order valence-corrected chi connectivity index (χ0v) is 8.20. The Morgan fingerprint density at radius 3 is 2.67 bits per heavy atom. The second-order valence-electron chi connectivity index (χ2n) is 3.25. The number of benzene rings is 2. The maximum absolute atomic E-state index is 13.2. The highest BCUT2D eigenvalue weighted by Crippen LogP contribution is 2.13. The van der Waals surface area contributed by atoms with Gasteiger partial charge in [0.05, 0.1) is 5.69 Å². The van der Waals surface area contributed by atoms with Gasteiger partial charge in [0, 0.05) is 6.54 Å². The first kappa shape index (κ1) is 9.71. The fourth-order valence-electron chi connectivity index (χ4n) is 1.35. The van der Waals surface area contributed by atoms with Crippen molar-refractivity contribution in [2.75, 3.05) is 5.32 Å². The van der Waals surface area contributed by atoms with Gasteiger partial charge in [0.1, 0.15) is 5.82 Å². The van der Waals surface area contributed by atoms with Crippen molar-refractivity contribution in [3.63, 3.8) is 0 Å². The molecule has 0 spiro atoms. The fourth-order valence-corrected chi connectivity index (χ4v) is 1.35. The quantitative estimate of drug-likeness (QED) is 0.802. The lowest BCUT2D eigenvalue weighted by atomic mass is 10.2. The molecule has 75 valence electrons. The normalized spacial score (nSPS) is 9.93. The van der Waals surface area contributed by atoms with Crippen LogP contribution < -0.4 is 5.32 Å². The lowest BCUT2D eigenvalue weighted by Gasteiger charge is -2.06. The predicted octanol–water partition coefficient (Wildman–Crippen LogP) is 3.24. The highest BCUT2D eigenvalue weighted by atomic mass is 19.1. The standard InChI is InChI=1S/C13H11FN/c14-12-8-4-5-9-13(12)15-10-11-6-2-1-3-7-11/h1-3,5-9,15H,10H2. The molecule has 0 atom stereocenters. The molecule has 1 N–H and O–H groups in total. The first-order valence-corrected chi connectivity index (χ1v) is 4.79. The van der Waals surface area contributed by atoms with E-state index in [1.165, 1.54) is 6.07 Å². The highest BCUT2D eigenvalue weighted by molar-refractivity contribution is 5.44. The van der Waals surface area contributed by atoms with Crippen LogP contribution in [0.5, 0.6) is 0 Å². The van der Waals surface area contributed by atoms with Crippen LogP contribution in [0.15, 0.2) is 48.5 Å². The number of hydrogen-bond acceptors (Lipinski definition) is 1. The van der Waals surface area contributed by atoms with Gasteiger partial charge in [0.25, 0.3) is 0 Å². The Morgan fingerprint density at radius 2 is 1.93 bits per heavy atom. The smallest absolute Gasteiger partial charge is 0.146 e. The van der Waals surface area contributed by atoms with Gasteiger partial charge in [0.15, 0.2) is 0 Å². The van der Waals surface area contributed by atoms with Gasteiger partial charge in [-0.25, -0.2) is 4.39 Å².